The van der Waals surface area contributed by atoms with E-state index in [1.807, 2.05) is 5.38 Å². The summed E-state index contributed by atoms with van der Waals surface area (Å²) in [6, 6.07) is 6.10. The predicted molar refractivity (Wildman–Crippen MR) is 72.6 cm³/mol. The van der Waals surface area contributed by atoms with E-state index in [0.29, 0.717) is 15.1 Å². The molecule has 1 heterocycles. The topological polar surface area (TPSA) is 38.0 Å². The molecule has 6 heteroatoms. The standard InChI is InChI=1S/C11H9BrClFN2S/c12-6-2-1-3-8(14)9(6)10(16-15)11-7(13)4-5-17-11/h1-5,10,16H,15H2. The highest BCUT2D eigenvalue weighted by Gasteiger charge is 2.22. The zero-order valence-corrected chi connectivity index (χ0v) is 11.7. The van der Waals surface area contributed by atoms with Gasteiger partial charge in [0.15, 0.2) is 0 Å². The van der Waals surface area contributed by atoms with Crippen LogP contribution in [0, 0.1) is 5.82 Å². The van der Waals surface area contributed by atoms with E-state index in [4.69, 9.17) is 17.4 Å². The maximum Gasteiger partial charge on any atom is 0.129 e. The van der Waals surface area contributed by atoms with Gasteiger partial charge in [0.25, 0.3) is 0 Å². The summed E-state index contributed by atoms with van der Waals surface area (Å²) in [5, 5.41) is 2.42. The van der Waals surface area contributed by atoms with Crippen LogP contribution < -0.4 is 11.3 Å². The van der Waals surface area contributed by atoms with Crippen LogP contribution >= 0.6 is 38.9 Å². The molecule has 1 aromatic carbocycles. The highest BCUT2D eigenvalue weighted by molar-refractivity contribution is 9.10. The molecule has 0 fully saturated rings. The normalized spacial score (nSPS) is 12.7. The van der Waals surface area contributed by atoms with E-state index in [0.717, 1.165) is 4.88 Å². The van der Waals surface area contributed by atoms with Gasteiger partial charge in [-0.05, 0) is 23.6 Å². The van der Waals surface area contributed by atoms with E-state index in [-0.39, 0.29) is 5.82 Å². The quantitative estimate of drug-likeness (QED) is 0.660. The van der Waals surface area contributed by atoms with Gasteiger partial charge < -0.3 is 0 Å². The van der Waals surface area contributed by atoms with Crippen LogP contribution in [0.3, 0.4) is 0 Å². The maximum atomic E-state index is 13.8. The Balaban J connectivity index is 2.53. The molecule has 90 valence electrons. The number of benzene rings is 1. The average Bonchev–Trinajstić information content (AvgIpc) is 2.70. The number of hydrogen-bond acceptors (Lipinski definition) is 3. The number of nitrogens with one attached hydrogen (secondary N) is 1. The van der Waals surface area contributed by atoms with Gasteiger partial charge in [0.05, 0.1) is 11.1 Å². The third kappa shape index (κ3) is 2.53. The highest BCUT2D eigenvalue weighted by Crippen LogP contribution is 2.36. The van der Waals surface area contributed by atoms with Crippen molar-refractivity contribution in [2.45, 2.75) is 6.04 Å². The minimum atomic E-state index is -0.460. The zero-order valence-electron chi connectivity index (χ0n) is 8.58. The maximum absolute atomic E-state index is 13.8. The fraction of sp³-hybridized carbons (Fsp3) is 0.0909. The van der Waals surface area contributed by atoms with Crippen molar-refractivity contribution in [1.29, 1.82) is 0 Å². The molecule has 0 saturated heterocycles. The van der Waals surface area contributed by atoms with Crippen LogP contribution in [0.4, 0.5) is 4.39 Å². The van der Waals surface area contributed by atoms with Crippen LogP contribution in [-0.2, 0) is 0 Å². The van der Waals surface area contributed by atoms with Crippen molar-refractivity contribution in [3.05, 3.63) is 55.4 Å². The van der Waals surface area contributed by atoms with E-state index in [1.165, 1.54) is 17.4 Å². The monoisotopic (exact) mass is 334 g/mol. The Kier molecular flexibility index (Phi) is 4.17. The lowest BCUT2D eigenvalue weighted by Crippen LogP contribution is -2.29. The van der Waals surface area contributed by atoms with Gasteiger partial charge in [-0.3, -0.25) is 5.84 Å². The van der Waals surface area contributed by atoms with Crippen LogP contribution in [0.25, 0.3) is 0 Å². The third-order valence-corrected chi connectivity index (χ3v) is 4.48. The molecular weight excluding hydrogens is 327 g/mol. The molecule has 2 nitrogen and oxygen atoms in total. The zero-order chi connectivity index (χ0) is 12.4. The molecule has 2 aromatic rings. The second-order valence-corrected chi connectivity index (χ2v) is 5.58. The van der Waals surface area contributed by atoms with Gasteiger partial charge in [0, 0.05) is 14.9 Å². The first-order valence-electron chi connectivity index (χ1n) is 4.78. The lowest BCUT2D eigenvalue weighted by molar-refractivity contribution is 0.562. The first-order valence-corrected chi connectivity index (χ1v) is 6.83. The van der Waals surface area contributed by atoms with Gasteiger partial charge in [-0.25, -0.2) is 9.82 Å². The summed E-state index contributed by atoms with van der Waals surface area (Å²) in [5.41, 5.74) is 3.06. The first kappa shape index (κ1) is 13.0. The molecule has 0 aliphatic rings. The molecule has 0 radical (unpaired) electrons. The SMILES string of the molecule is NNC(c1sccc1Cl)c1c(F)cccc1Br. The molecule has 17 heavy (non-hydrogen) atoms. The van der Waals surface area contributed by atoms with Crippen LogP contribution in [0.5, 0.6) is 0 Å². The van der Waals surface area contributed by atoms with Crippen LogP contribution in [0.15, 0.2) is 34.1 Å². The van der Waals surface area contributed by atoms with E-state index in [2.05, 4.69) is 21.4 Å². The molecule has 2 rings (SSSR count). The number of rotatable bonds is 3. The van der Waals surface area contributed by atoms with Crippen molar-refractivity contribution in [2.24, 2.45) is 5.84 Å². The van der Waals surface area contributed by atoms with Crippen molar-refractivity contribution in [2.75, 3.05) is 0 Å². The van der Waals surface area contributed by atoms with Gasteiger partial charge in [-0.2, -0.15) is 0 Å². The molecule has 0 bridgehead atoms. The van der Waals surface area contributed by atoms with Gasteiger partial charge in [0.2, 0.25) is 0 Å². The number of thiophene rings is 1. The van der Waals surface area contributed by atoms with E-state index >= 15 is 0 Å². The van der Waals surface area contributed by atoms with E-state index in [9.17, 15) is 4.39 Å². The smallest absolute Gasteiger partial charge is 0.129 e. The minimum absolute atomic E-state index is 0.327. The Hall–Kier alpha value is -0.460. The summed E-state index contributed by atoms with van der Waals surface area (Å²) in [4.78, 5) is 0.792. The van der Waals surface area contributed by atoms with Crippen LogP contribution in [-0.4, -0.2) is 0 Å². The Morgan fingerprint density at radius 1 is 1.41 bits per heavy atom. The Bertz CT molecular complexity index is 512. The van der Waals surface area contributed by atoms with E-state index < -0.39 is 6.04 Å². The van der Waals surface area contributed by atoms with Crippen LogP contribution in [0.2, 0.25) is 5.02 Å². The number of nitrogens with two attached hydrogens (primary N) is 1. The molecule has 0 saturated carbocycles. The summed E-state index contributed by atoms with van der Waals surface area (Å²) < 4.78 is 14.5. The number of halogens is 3. The Morgan fingerprint density at radius 2 is 2.18 bits per heavy atom. The van der Waals surface area contributed by atoms with Crippen molar-refractivity contribution < 1.29 is 4.39 Å². The fourth-order valence-corrected chi connectivity index (χ4v) is 3.39. The first-order chi connectivity index (χ1) is 8.15. The average molecular weight is 336 g/mol. The lowest BCUT2D eigenvalue weighted by atomic mass is 10.1. The molecular formula is C11H9BrClFN2S. The largest absolute Gasteiger partial charge is 0.271 e. The summed E-state index contributed by atoms with van der Waals surface area (Å²) in [7, 11) is 0. The molecule has 0 aliphatic heterocycles. The summed E-state index contributed by atoms with van der Waals surface area (Å²) in [6.07, 6.45) is 0. The van der Waals surface area contributed by atoms with Gasteiger partial charge in [0.1, 0.15) is 5.82 Å². The van der Waals surface area contributed by atoms with Gasteiger partial charge in [-0.15, -0.1) is 11.3 Å². The summed E-state index contributed by atoms with van der Waals surface area (Å²) >= 11 is 10.8. The molecule has 1 unspecified atom stereocenters. The highest BCUT2D eigenvalue weighted by atomic mass is 79.9. The summed E-state index contributed by atoms with van der Waals surface area (Å²) in [6.45, 7) is 0. The molecule has 0 aliphatic carbocycles. The number of hydrazine groups is 1. The third-order valence-electron chi connectivity index (χ3n) is 2.36. The lowest BCUT2D eigenvalue weighted by Gasteiger charge is -2.17. The predicted octanol–water partition coefficient (Wildman–Crippen LogP) is 3.86. The second-order valence-electron chi connectivity index (χ2n) is 3.37. The Labute approximate surface area is 116 Å². The number of hydrogen-bond donors (Lipinski definition) is 2. The van der Waals surface area contributed by atoms with Crippen molar-refractivity contribution in [3.8, 4) is 0 Å². The second kappa shape index (κ2) is 5.46. The molecule has 3 N–H and O–H groups in total. The van der Waals surface area contributed by atoms with E-state index in [1.54, 1.807) is 18.2 Å². The minimum Gasteiger partial charge on any atom is -0.271 e. The molecule has 0 spiro atoms. The molecule has 1 aromatic heterocycles. The fourth-order valence-electron chi connectivity index (χ4n) is 1.59. The molecule has 0 amide bonds. The summed E-state index contributed by atoms with van der Waals surface area (Å²) in [5.74, 6) is 5.19. The van der Waals surface area contributed by atoms with Crippen molar-refractivity contribution in [3.63, 3.8) is 0 Å². The van der Waals surface area contributed by atoms with Crippen LogP contribution in [0.1, 0.15) is 16.5 Å². The molecule has 1 atom stereocenters. The van der Waals surface area contributed by atoms with Crippen molar-refractivity contribution >= 4 is 38.9 Å². The van der Waals surface area contributed by atoms with Gasteiger partial charge >= 0.3 is 0 Å². The Morgan fingerprint density at radius 3 is 2.71 bits per heavy atom. The van der Waals surface area contributed by atoms with Crippen molar-refractivity contribution in [1.82, 2.24) is 5.43 Å². The van der Waals surface area contributed by atoms with Gasteiger partial charge in [-0.1, -0.05) is 33.6 Å².